The van der Waals surface area contributed by atoms with Gasteiger partial charge in [0.15, 0.2) is 11.3 Å². The topological polar surface area (TPSA) is 168 Å². The number of rotatable bonds is 10. The van der Waals surface area contributed by atoms with E-state index in [9.17, 15) is 23.2 Å². The molecule has 59 heavy (non-hydrogen) atoms. The van der Waals surface area contributed by atoms with Crippen LogP contribution in [0, 0.1) is 5.92 Å². The highest BCUT2D eigenvalue weighted by molar-refractivity contribution is 6.00. The number of nitrogens with zero attached hydrogens (tertiary/aromatic N) is 12. The molecule has 0 radical (unpaired) electrons. The molecule has 2 amide bonds. The molecule has 8 heterocycles. The fraction of sp³-hybridized carbons (Fsp3) is 0.500. The molecule has 0 bridgehead atoms. The van der Waals surface area contributed by atoms with Crippen LogP contribution in [-0.2, 0) is 27.8 Å². The molecule has 4 fully saturated rings. The second kappa shape index (κ2) is 15.1. The number of amides is 2. The maximum Gasteiger partial charge on any atom is 0.329 e. The van der Waals surface area contributed by atoms with Gasteiger partial charge in [0.05, 0.1) is 54.4 Å². The zero-order valence-electron chi connectivity index (χ0n) is 32.7. The zero-order valence-corrected chi connectivity index (χ0v) is 32.7. The molecular formula is C40H45F2N13O4. The van der Waals surface area contributed by atoms with Gasteiger partial charge in [-0.2, -0.15) is 10.2 Å². The third-order valence-corrected chi connectivity index (χ3v) is 12.7. The van der Waals surface area contributed by atoms with Gasteiger partial charge in [-0.1, -0.05) is 17.3 Å². The first-order valence-electron chi connectivity index (χ1n) is 20.4. The number of nitrogens with one attached hydrogen (secondary N) is 1. The van der Waals surface area contributed by atoms with Gasteiger partial charge in [-0.05, 0) is 68.6 Å². The molecule has 5 aromatic heterocycles. The molecular weight excluding hydrogens is 765 g/mol. The maximum absolute atomic E-state index is 14.4. The summed E-state index contributed by atoms with van der Waals surface area (Å²) in [5.74, 6) is 0.585. The number of morpholine rings is 1. The summed E-state index contributed by atoms with van der Waals surface area (Å²) < 4.78 is 42.2. The summed E-state index contributed by atoms with van der Waals surface area (Å²) in [4.78, 5) is 47.3. The molecule has 3 aliphatic heterocycles. The Bertz CT molecular complexity index is 2610. The average molecular weight is 810 g/mol. The van der Waals surface area contributed by atoms with Crippen LogP contribution in [-0.4, -0.2) is 111 Å². The van der Waals surface area contributed by atoms with Crippen molar-refractivity contribution in [2.24, 2.45) is 13.0 Å². The number of hydrogen-bond acceptors (Lipinski definition) is 11. The summed E-state index contributed by atoms with van der Waals surface area (Å²) in [6, 6.07) is 7.49. The molecule has 6 aromatic rings. The Morgan fingerprint density at radius 1 is 0.983 bits per heavy atom. The minimum atomic E-state index is -2.79. The van der Waals surface area contributed by atoms with Crippen LogP contribution in [0.5, 0.6) is 0 Å². The van der Waals surface area contributed by atoms with Gasteiger partial charge in [-0.3, -0.25) is 33.6 Å². The summed E-state index contributed by atoms with van der Waals surface area (Å²) in [5, 5.41) is 19.8. The number of hydrogen-bond donors (Lipinski definition) is 1. The van der Waals surface area contributed by atoms with Crippen molar-refractivity contribution < 1.29 is 23.1 Å². The van der Waals surface area contributed by atoms with Crippen LogP contribution in [0.25, 0.3) is 33.6 Å². The molecule has 0 spiro atoms. The van der Waals surface area contributed by atoms with Crippen LogP contribution >= 0.6 is 0 Å². The van der Waals surface area contributed by atoms with Crippen molar-refractivity contribution in [1.82, 2.24) is 58.7 Å². The maximum atomic E-state index is 14.4. The van der Waals surface area contributed by atoms with Crippen molar-refractivity contribution in [3.63, 3.8) is 0 Å². The van der Waals surface area contributed by atoms with Crippen molar-refractivity contribution in [2.75, 3.05) is 44.3 Å². The van der Waals surface area contributed by atoms with Crippen LogP contribution < -0.4 is 15.9 Å². The fourth-order valence-corrected chi connectivity index (χ4v) is 9.52. The van der Waals surface area contributed by atoms with E-state index in [2.05, 4.69) is 41.7 Å². The first kappa shape index (κ1) is 37.5. The normalized spacial score (nSPS) is 22.2. The lowest BCUT2D eigenvalue weighted by molar-refractivity contribution is -0.135. The first-order valence-corrected chi connectivity index (χ1v) is 20.4. The number of ether oxygens (including phenoxy) is 1. The van der Waals surface area contributed by atoms with E-state index in [4.69, 9.17) is 9.72 Å². The van der Waals surface area contributed by atoms with E-state index in [1.54, 1.807) is 39.4 Å². The molecule has 1 N–H and O–H groups in total. The third-order valence-electron chi connectivity index (χ3n) is 12.7. The van der Waals surface area contributed by atoms with E-state index in [-0.39, 0.29) is 35.4 Å². The summed E-state index contributed by atoms with van der Waals surface area (Å²) in [6.07, 6.45) is 9.87. The van der Waals surface area contributed by atoms with E-state index in [0.29, 0.717) is 54.0 Å². The lowest BCUT2D eigenvalue weighted by Crippen LogP contribution is -2.53. The number of aryl methyl sites for hydroxylation is 2. The number of imidazole rings is 1. The van der Waals surface area contributed by atoms with Gasteiger partial charge in [0.25, 0.3) is 6.43 Å². The number of fused-ring (bicyclic) bond motifs is 2. The van der Waals surface area contributed by atoms with Crippen LogP contribution in [0.1, 0.15) is 74.7 Å². The quantitative estimate of drug-likeness (QED) is 0.201. The van der Waals surface area contributed by atoms with E-state index in [1.165, 1.54) is 9.25 Å². The molecule has 1 saturated carbocycles. The van der Waals surface area contributed by atoms with Crippen LogP contribution in [0.4, 0.5) is 14.6 Å². The smallest absolute Gasteiger partial charge is 0.329 e. The summed E-state index contributed by atoms with van der Waals surface area (Å²) in [5.41, 5.74) is 3.95. The summed E-state index contributed by atoms with van der Waals surface area (Å²) in [6.45, 7) is 4.73. The number of halogens is 2. The summed E-state index contributed by atoms with van der Waals surface area (Å²) >= 11 is 0. The highest BCUT2D eigenvalue weighted by Gasteiger charge is 2.36. The second-order valence-electron chi connectivity index (χ2n) is 16.2. The Balaban J connectivity index is 0.766. The predicted molar refractivity (Wildman–Crippen MR) is 210 cm³/mol. The number of piperidine rings is 1. The number of aromatic nitrogens is 10. The second-order valence-corrected chi connectivity index (χ2v) is 16.2. The average Bonchev–Trinajstić information content (AvgIpc) is 4.03. The highest BCUT2D eigenvalue weighted by atomic mass is 19.3. The molecule has 3 saturated heterocycles. The Labute approximate surface area is 336 Å². The zero-order chi connectivity index (χ0) is 40.4. The van der Waals surface area contributed by atoms with Gasteiger partial charge < -0.3 is 9.64 Å². The molecule has 19 heteroatoms. The minimum absolute atomic E-state index is 0.000365. The monoisotopic (exact) mass is 809 g/mol. The number of alkyl halides is 2. The van der Waals surface area contributed by atoms with Crippen LogP contribution in [0.15, 0.2) is 53.8 Å². The Hall–Kier alpha value is -5.82. The molecule has 1 aromatic carbocycles. The number of imide groups is 1. The number of para-hydroxylation sites is 1. The van der Waals surface area contributed by atoms with Gasteiger partial charge in [-0.15, -0.1) is 5.10 Å². The number of carbonyl (C=O) groups is 2. The molecule has 1 aliphatic carbocycles. The van der Waals surface area contributed by atoms with Gasteiger partial charge in [0, 0.05) is 51.9 Å². The Kier molecular flexibility index (Phi) is 9.58. The Morgan fingerprint density at radius 2 is 1.78 bits per heavy atom. The van der Waals surface area contributed by atoms with Crippen molar-refractivity contribution in [2.45, 2.75) is 75.9 Å². The molecule has 4 aliphatic rings. The van der Waals surface area contributed by atoms with E-state index < -0.39 is 18.4 Å². The molecule has 1 atom stereocenters. The highest BCUT2D eigenvalue weighted by Crippen LogP contribution is 2.37. The first-order chi connectivity index (χ1) is 28.7. The lowest BCUT2D eigenvalue weighted by Gasteiger charge is -2.47. The van der Waals surface area contributed by atoms with E-state index in [0.717, 1.165) is 81.6 Å². The van der Waals surface area contributed by atoms with Gasteiger partial charge in [0.2, 0.25) is 11.8 Å². The molecule has 308 valence electrons. The molecule has 17 nitrogen and oxygen atoms in total. The van der Waals surface area contributed by atoms with Crippen LogP contribution in [0.2, 0.25) is 0 Å². The number of benzene rings is 1. The SMILES string of the molecule is Cn1c(=O)n(C2CCC(=O)NC2=O)c2cccc(CCC3CN(C4CCC(n5cc(-n6cc(-c7cnn8ccc(N9CCOCC9)nc78)nn6)c(C(F)F)n5)CC4)C3)c21. The molecule has 10 rings (SSSR count). The number of anilines is 1. The summed E-state index contributed by atoms with van der Waals surface area (Å²) in [7, 11) is 1.74. The van der Waals surface area contributed by atoms with Gasteiger partial charge >= 0.3 is 5.69 Å². The standard InChI is InChI=1S/C40H45F2N13O4/c1-49-36-25(3-2-4-30(36)55(40(49)58)31-11-12-34(56)45-39(31)57)6-5-24-20-51(21-24)26-7-9-27(10-8-26)53-23-32(35(47-53)37(41)42)54-22-29(46-48-54)28-19-43-52-14-13-33(44-38(28)52)50-15-17-59-18-16-50/h2-4,13-14,19,22-24,26-27,31,37H,5-12,15-18,20-21H2,1H3,(H,45,56,57). The molecule has 1 unspecified atom stereocenters. The van der Waals surface area contributed by atoms with E-state index >= 15 is 0 Å². The lowest BCUT2D eigenvalue weighted by atomic mass is 9.85. The number of carbonyl (C=O) groups excluding carboxylic acids is 2. The largest absolute Gasteiger partial charge is 0.378 e. The van der Waals surface area contributed by atoms with E-state index in [1.807, 2.05) is 24.4 Å². The number of likely N-dealkylation sites (tertiary alicyclic amines) is 1. The van der Waals surface area contributed by atoms with Crippen LogP contribution in [0.3, 0.4) is 0 Å². The van der Waals surface area contributed by atoms with Gasteiger partial charge in [-0.25, -0.2) is 27.8 Å². The predicted octanol–water partition coefficient (Wildman–Crippen LogP) is 3.63. The third kappa shape index (κ3) is 6.78. The van der Waals surface area contributed by atoms with Gasteiger partial charge in [0.1, 0.15) is 23.2 Å². The fourth-order valence-electron chi connectivity index (χ4n) is 9.52. The minimum Gasteiger partial charge on any atom is -0.378 e. The Morgan fingerprint density at radius 3 is 2.56 bits per heavy atom. The van der Waals surface area contributed by atoms with Crippen molar-refractivity contribution in [3.8, 4) is 16.9 Å². The van der Waals surface area contributed by atoms with Crippen molar-refractivity contribution in [1.29, 1.82) is 0 Å². The van der Waals surface area contributed by atoms with Crippen molar-refractivity contribution >= 4 is 34.3 Å². The van der Waals surface area contributed by atoms with Crippen molar-refractivity contribution in [3.05, 3.63) is 70.8 Å².